The van der Waals surface area contributed by atoms with Crippen LogP contribution in [0.2, 0.25) is 0 Å². The molecule has 11 heteroatoms. The van der Waals surface area contributed by atoms with Gasteiger partial charge in [0.25, 0.3) is 0 Å². The number of rotatable bonds is 9. The molecule has 0 N–H and O–H groups in total. The van der Waals surface area contributed by atoms with E-state index in [4.69, 9.17) is 4.74 Å². The monoisotopic (exact) mass is 495 g/mol. The number of nitrogens with zero attached hydrogens (tertiary/aromatic N) is 3. The Morgan fingerprint density at radius 3 is 2.26 bits per heavy atom. The topological polar surface area (TPSA) is 65.8 Å². The number of carbonyl (C=O) groups excluding carboxylic acids is 1. The van der Waals surface area contributed by atoms with Gasteiger partial charge < -0.3 is 19.1 Å². The van der Waals surface area contributed by atoms with Gasteiger partial charge in [0.1, 0.15) is 5.60 Å². The largest absolute Gasteiger partial charge is 0.456 e. The van der Waals surface area contributed by atoms with Gasteiger partial charge in [-0.05, 0) is 51.1 Å². The average Bonchev–Trinajstić information content (AvgIpc) is 3.16. The second kappa shape index (κ2) is 10.7. The van der Waals surface area contributed by atoms with Crippen molar-refractivity contribution in [2.75, 3.05) is 4.90 Å². The molecule has 0 spiro atoms. The number of carbonyl (C=O) groups is 1. The van der Waals surface area contributed by atoms with Crippen LogP contribution in [0.1, 0.15) is 36.7 Å². The summed E-state index contributed by atoms with van der Waals surface area (Å²) < 4.78 is 67.3. The Hall–Kier alpha value is -3.76. The zero-order valence-electron chi connectivity index (χ0n) is 19.5. The Labute approximate surface area is 199 Å². The molecule has 35 heavy (non-hydrogen) atoms. The third kappa shape index (κ3) is 7.36. The Morgan fingerprint density at radius 1 is 1.00 bits per heavy atom. The summed E-state index contributed by atoms with van der Waals surface area (Å²) in [5.41, 5.74) is 1.18. The molecule has 2 aromatic carbocycles. The van der Waals surface area contributed by atoms with Crippen molar-refractivity contribution < 1.29 is 36.6 Å². The third-order valence-electron chi connectivity index (χ3n) is 4.56. The first-order valence-corrected chi connectivity index (χ1v) is 10.5. The van der Waals surface area contributed by atoms with Crippen LogP contribution in [0.3, 0.4) is 0 Å². The molecular formula is C24H25F4N3O4. The van der Waals surface area contributed by atoms with E-state index in [1.165, 1.54) is 12.1 Å². The molecule has 3 rings (SSSR count). The van der Waals surface area contributed by atoms with Crippen LogP contribution in [0.4, 0.5) is 28.9 Å². The molecule has 0 saturated carbocycles. The number of ether oxygens (including phenoxy) is 3. The quantitative estimate of drug-likeness (QED) is 0.271. The van der Waals surface area contributed by atoms with Crippen LogP contribution >= 0.6 is 0 Å². The van der Waals surface area contributed by atoms with Gasteiger partial charge in [-0.25, -0.2) is 4.79 Å². The fourth-order valence-electron chi connectivity index (χ4n) is 3.25. The van der Waals surface area contributed by atoms with E-state index in [-0.39, 0.29) is 12.1 Å². The minimum absolute atomic E-state index is 0.217. The van der Waals surface area contributed by atoms with Crippen LogP contribution in [0.25, 0.3) is 0 Å². The van der Waals surface area contributed by atoms with Crippen LogP contribution < -0.4 is 14.4 Å². The maximum atomic E-state index is 13.0. The minimum Gasteiger partial charge on any atom is -0.456 e. The smallest absolute Gasteiger partial charge is 0.387 e. The fraction of sp³-hybridized carbons (Fsp3) is 0.333. The van der Waals surface area contributed by atoms with Crippen molar-refractivity contribution >= 4 is 17.3 Å². The molecule has 1 heterocycles. The number of anilines is 2. The van der Waals surface area contributed by atoms with Crippen molar-refractivity contribution in [2.45, 2.75) is 46.1 Å². The first kappa shape index (κ1) is 25.9. The molecule has 0 unspecified atom stereocenters. The summed E-state index contributed by atoms with van der Waals surface area (Å²) >= 11 is 0. The van der Waals surface area contributed by atoms with Crippen molar-refractivity contribution in [3.63, 3.8) is 0 Å². The van der Waals surface area contributed by atoms with E-state index in [0.29, 0.717) is 11.4 Å². The predicted octanol–water partition coefficient (Wildman–Crippen LogP) is 5.92. The van der Waals surface area contributed by atoms with E-state index in [2.05, 4.69) is 14.6 Å². The second-order valence-electron chi connectivity index (χ2n) is 8.55. The summed E-state index contributed by atoms with van der Waals surface area (Å²) in [7, 11) is 1.74. The lowest BCUT2D eigenvalue weighted by Gasteiger charge is -2.26. The highest BCUT2D eigenvalue weighted by Crippen LogP contribution is 2.37. The van der Waals surface area contributed by atoms with Gasteiger partial charge in [0.05, 0.1) is 18.3 Å². The van der Waals surface area contributed by atoms with Gasteiger partial charge in [-0.3, -0.25) is 4.68 Å². The third-order valence-corrected chi connectivity index (χ3v) is 4.56. The van der Waals surface area contributed by atoms with Gasteiger partial charge in [-0.1, -0.05) is 6.07 Å². The second-order valence-corrected chi connectivity index (χ2v) is 8.55. The summed E-state index contributed by atoms with van der Waals surface area (Å²) in [5.74, 6) is -1.63. The number of benzene rings is 2. The first-order chi connectivity index (χ1) is 16.4. The number of aryl methyl sites for hydroxylation is 1. The van der Waals surface area contributed by atoms with Gasteiger partial charge in [0, 0.05) is 36.2 Å². The van der Waals surface area contributed by atoms with Crippen LogP contribution in [-0.2, 0) is 18.3 Å². The molecule has 0 amide bonds. The number of alkyl halides is 4. The molecule has 7 nitrogen and oxygen atoms in total. The van der Waals surface area contributed by atoms with Gasteiger partial charge in [0.2, 0.25) is 0 Å². The summed E-state index contributed by atoms with van der Waals surface area (Å²) in [6.07, 6.45) is 3.38. The van der Waals surface area contributed by atoms with E-state index < -0.39 is 36.3 Å². The van der Waals surface area contributed by atoms with E-state index in [1.807, 2.05) is 0 Å². The summed E-state index contributed by atoms with van der Waals surface area (Å²) in [4.78, 5) is 14.3. The molecule has 0 saturated heterocycles. The van der Waals surface area contributed by atoms with Crippen LogP contribution in [0.5, 0.6) is 11.5 Å². The highest BCUT2D eigenvalue weighted by atomic mass is 19.3. The van der Waals surface area contributed by atoms with Crippen molar-refractivity contribution in [2.24, 2.45) is 7.05 Å². The first-order valence-electron chi connectivity index (χ1n) is 10.5. The molecule has 0 aliphatic rings. The maximum absolute atomic E-state index is 13.0. The number of halogens is 4. The SMILES string of the molecule is Cn1cc(CN(c2cccc(C(=O)OC(C)(C)C)c2)c2ccc(OC(F)F)c(OC(F)F)c2)cn1. The molecule has 0 radical (unpaired) electrons. The molecule has 0 aliphatic heterocycles. The fourth-order valence-corrected chi connectivity index (χ4v) is 3.25. The van der Waals surface area contributed by atoms with Crippen LogP contribution in [0, 0.1) is 0 Å². The molecule has 0 aliphatic carbocycles. The van der Waals surface area contributed by atoms with Crippen molar-refractivity contribution in [3.05, 3.63) is 66.0 Å². The van der Waals surface area contributed by atoms with Crippen molar-refractivity contribution in [3.8, 4) is 11.5 Å². The summed E-state index contributed by atoms with van der Waals surface area (Å²) in [6.45, 7) is -1.02. The lowest BCUT2D eigenvalue weighted by Crippen LogP contribution is -2.24. The maximum Gasteiger partial charge on any atom is 0.387 e. The van der Waals surface area contributed by atoms with Gasteiger partial charge in [-0.15, -0.1) is 0 Å². The summed E-state index contributed by atoms with van der Waals surface area (Å²) in [5, 5.41) is 4.14. The van der Waals surface area contributed by atoms with Crippen molar-refractivity contribution in [1.29, 1.82) is 0 Å². The van der Waals surface area contributed by atoms with E-state index in [1.54, 1.807) is 74.1 Å². The summed E-state index contributed by atoms with van der Waals surface area (Å²) in [6, 6.07) is 10.2. The lowest BCUT2D eigenvalue weighted by molar-refractivity contribution is -0.0692. The Bertz CT molecular complexity index is 1160. The molecule has 1 aromatic heterocycles. The Balaban J connectivity index is 2.06. The Kier molecular flexibility index (Phi) is 7.88. The molecule has 0 atom stereocenters. The van der Waals surface area contributed by atoms with E-state index in [0.717, 1.165) is 11.6 Å². The number of esters is 1. The molecular weight excluding hydrogens is 470 g/mol. The zero-order chi connectivity index (χ0) is 25.8. The van der Waals surface area contributed by atoms with Crippen molar-refractivity contribution in [1.82, 2.24) is 9.78 Å². The van der Waals surface area contributed by atoms with Gasteiger partial charge in [0.15, 0.2) is 11.5 Å². The number of aromatic nitrogens is 2. The standard InChI is InChI=1S/C24H25F4N3O4/c1-24(2,3)35-21(32)16-6-5-7-17(10-16)31(14-15-12-29-30(4)13-15)18-8-9-19(33-22(25)26)20(11-18)34-23(27)28/h5-13,22-23H,14H2,1-4H3. The van der Waals surface area contributed by atoms with Gasteiger partial charge >= 0.3 is 19.2 Å². The lowest BCUT2D eigenvalue weighted by atomic mass is 10.1. The van der Waals surface area contributed by atoms with E-state index >= 15 is 0 Å². The molecule has 188 valence electrons. The zero-order valence-corrected chi connectivity index (χ0v) is 19.5. The van der Waals surface area contributed by atoms with E-state index in [9.17, 15) is 22.4 Å². The molecule has 0 fully saturated rings. The van der Waals surface area contributed by atoms with Crippen LogP contribution in [-0.4, -0.2) is 34.6 Å². The highest BCUT2D eigenvalue weighted by Gasteiger charge is 2.21. The molecule has 3 aromatic rings. The van der Waals surface area contributed by atoms with Crippen LogP contribution in [0.15, 0.2) is 54.9 Å². The van der Waals surface area contributed by atoms with Gasteiger partial charge in [-0.2, -0.15) is 22.7 Å². The average molecular weight is 495 g/mol. The molecule has 0 bridgehead atoms. The Morgan fingerprint density at radius 2 is 1.66 bits per heavy atom. The number of hydrogen-bond acceptors (Lipinski definition) is 6. The normalized spacial score (nSPS) is 11.6. The minimum atomic E-state index is -3.26. The number of hydrogen-bond donors (Lipinski definition) is 0. The highest BCUT2D eigenvalue weighted by molar-refractivity contribution is 5.91. The predicted molar refractivity (Wildman–Crippen MR) is 120 cm³/mol.